The van der Waals surface area contributed by atoms with E-state index in [2.05, 4.69) is 0 Å². The molecule has 84 valence electrons. The summed E-state index contributed by atoms with van der Waals surface area (Å²) in [5, 5.41) is 9.19. The minimum Gasteiger partial charge on any atom is -0.390 e. The molecule has 0 saturated heterocycles. The summed E-state index contributed by atoms with van der Waals surface area (Å²) >= 11 is 5.69. The quantitative estimate of drug-likeness (QED) is 0.876. The highest BCUT2D eigenvalue weighted by molar-refractivity contribution is 6.30. The molecule has 0 radical (unpaired) electrons. The number of aliphatic hydroxyl groups excluding tert-OH is 1. The monoisotopic (exact) mass is 239 g/mol. The molecule has 0 unspecified atom stereocenters. The van der Waals surface area contributed by atoms with Crippen molar-refractivity contribution in [3.05, 3.63) is 58.6 Å². The van der Waals surface area contributed by atoms with Gasteiger partial charge in [0.2, 0.25) is 0 Å². The minimum absolute atomic E-state index is 0.0603. The fraction of sp³-hybridized carbons (Fsp3) is 0.167. The predicted molar refractivity (Wildman–Crippen MR) is 60.9 cm³/mol. The first kappa shape index (κ1) is 11.2. The minimum atomic E-state index is -0.401. The number of hydrogen-bond donors (Lipinski definition) is 1. The Balaban J connectivity index is 2.30. The standard InChI is InChI=1S/C12H11ClFNO/c13-11-5-1-3-9(12(11)14)7-15-6-2-4-10(15)8-16/h1-6,16H,7-8H2. The van der Waals surface area contributed by atoms with Crippen molar-refractivity contribution in [2.75, 3.05) is 0 Å². The lowest BCUT2D eigenvalue weighted by Gasteiger charge is -2.09. The van der Waals surface area contributed by atoms with Crippen molar-refractivity contribution < 1.29 is 9.50 Å². The summed E-state index contributed by atoms with van der Waals surface area (Å²) in [5.41, 5.74) is 1.26. The molecule has 0 atom stereocenters. The molecule has 1 aromatic carbocycles. The van der Waals surface area contributed by atoms with Gasteiger partial charge in [0.25, 0.3) is 0 Å². The highest BCUT2D eigenvalue weighted by Crippen LogP contribution is 2.19. The zero-order chi connectivity index (χ0) is 11.5. The Hall–Kier alpha value is -1.32. The number of aromatic nitrogens is 1. The van der Waals surface area contributed by atoms with Gasteiger partial charge in [0, 0.05) is 17.5 Å². The van der Waals surface area contributed by atoms with Gasteiger partial charge < -0.3 is 9.67 Å². The van der Waals surface area contributed by atoms with Crippen molar-refractivity contribution in [2.24, 2.45) is 0 Å². The van der Waals surface area contributed by atoms with E-state index in [9.17, 15) is 4.39 Å². The summed E-state index contributed by atoms with van der Waals surface area (Å²) in [6, 6.07) is 8.52. The summed E-state index contributed by atoms with van der Waals surface area (Å²) in [4.78, 5) is 0. The van der Waals surface area contributed by atoms with Crippen molar-refractivity contribution in [3.63, 3.8) is 0 Å². The molecular formula is C12H11ClFNO. The zero-order valence-corrected chi connectivity index (χ0v) is 9.28. The van der Waals surface area contributed by atoms with Crippen molar-refractivity contribution in [2.45, 2.75) is 13.2 Å². The summed E-state index contributed by atoms with van der Waals surface area (Å²) in [5.74, 6) is -0.401. The molecule has 0 fully saturated rings. The molecule has 2 rings (SSSR count). The summed E-state index contributed by atoms with van der Waals surface area (Å²) in [6.45, 7) is 0.310. The third-order valence-electron chi connectivity index (χ3n) is 2.46. The normalized spacial score (nSPS) is 10.7. The Bertz CT molecular complexity index is 496. The van der Waals surface area contributed by atoms with Crippen LogP contribution >= 0.6 is 11.6 Å². The molecule has 0 amide bonds. The maximum absolute atomic E-state index is 13.6. The van der Waals surface area contributed by atoms with Crippen molar-refractivity contribution in [1.82, 2.24) is 4.57 Å². The van der Waals surface area contributed by atoms with Gasteiger partial charge in [0.05, 0.1) is 18.2 Å². The fourth-order valence-corrected chi connectivity index (χ4v) is 1.80. The van der Waals surface area contributed by atoms with E-state index in [1.807, 2.05) is 6.07 Å². The van der Waals surface area contributed by atoms with E-state index >= 15 is 0 Å². The number of nitrogens with zero attached hydrogens (tertiary/aromatic N) is 1. The molecule has 0 aliphatic carbocycles. The van der Waals surface area contributed by atoms with Crippen LogP contribution in [-0.4, -0.2) is 9.67 Å². The number of halogens is 2. The number of aliphatic hydroxyl groups is 1. The van der Waals surface area contributed by atoms with E-state index in [4.69, 9.17) is 16.7 Å². The molecule has 4 heteroatoms. The summed E-state index contributed by atoms with van der Waals surface area (Å²) in [6.07, 6.45) is 1.80. The fourth-order valence-electron chi connectivity index (χ4n) is 1.60. The molecule has 0 bridgehead atoms. The molecule has 0 aliphatic rings. The Labute approximate surface area is 97.9 Å². The topological polar surface area (TPSA) is 25.2 Å². The number of rotatable bonds is 3. The predicted octanol–water partition coefficient (Wildman–Crippen LogP) is 2.82. The SMILES string of the molecule is OCc1cccn1Cc1cccc(Cl)c1F. The molecule has 1 N–H and O–H groups in total. The van der Waals surface area contributed by atoms with Gasteiger partial charge in [-0.2, -0.15) is 0 Å². The van der Waals surface area contributed by atoms with Crippen LogP contribution in [0.4, 0.5) is 4.39 Å². The first-order chi connectivity index (χ1) is 7.72. The van der Waals surface area contributed by atoms with E-state index in [1.54, 1.807) is 29.0 Å². The molecule has 1 heterocycles. The van der Waals surface area contributed by atoms with Crippen LogP contribution in [0.15, 0.2) is 36.5 Å². The lowest BCUT2D eigenvalue weighted by Crippen LogP contribution is -2.04. The Morgan fingerprint density at radius 3 is 2.81 bits per heavy atom. The lowest BCUT2D eigenvalue weighted by atomic mass is 10.2. The maximum Gasteiger partial charge on any atom is 0.146 e. The van der Waals surface area contributed by atoms with Crippen LogP contribution in [0.25, 0.3) is 0 Å². The van der Waals surface area contributed by atoms with Crippen LogP contribution in [0, 0.1) is 5.82 Å². The highest BCUT2D eigenvalue weighted by atomic mass is 35.5. The molecular weight excluding hydrogens is 229 g/mol. The maximum atomic E-state index is 13.6. The van der Waals surface area contributed by atoms with Gasteiger partial charge in [-0.3, -0.25) is 0 Å². The van der Waals surface area contributed by atoms with Gasteiger partial charge in [-0.05, 0) is 18.2 Å². The van der Waals surface area contributed by atoms with Crippen LogP contribution in [-0.2, 0) is 13.2 Å². The average molecular weight is 240 g/mol. The Morgan fingerprint density at radius 2 is 2.06 bits per heavy atom. The molecule has 0 aliphatic heterocycles. The summed E-state index contributed by atoms with van der Waals surface area (Å²) < 4.78 is 15.4. The third-order valence-corrected chi connectivity index (χ3v) is 2.75. The van der Waals surface area contributed by atoms with Crippen LogP contribution < -0.4 is 0 Å². The Kier molecular flexibility index (Phi) is 3.27. The molecule has 2 nitrogen and oxygen atoms in total. The van der Waals surface area contributed by atoms with Gasteiger partial charge >= 0.3 is 0 Å². The van der Waals surface area contributed by atoms with E-state index in [0.717, 1.165) is 5.69 Å². The first-order valence-corrected chi connectivity index (χ1v) is 5.28. The first-order valence-electron chi connectivity index (χ1n) is 4.90. The van der Waals surface area contributed by atoms with E-state index in [1.165, 1.54) is 6.07 Å². The van der Waals surface area contributed by atoms with Gasteiger partial charge in [-0.15, -0.1) is 0 Å². The van der Waals surface area contributed by atoms with Gasteiger partial charge in [-0.1, -0.05) is 23.7 Å². The second kappa shape index (κ2) is 4.68. The van der Waals surface area contributed by atoms with Crippen molar-refractivity contribution >= 4 is 11.6 Å². The van der Waals surface area contributed by atoms with Gasteiger partial charge in [-0.25, -0.2) is 4.39 Å². The van der Waals surface area contributed by atoms with E-state index in [0.29, 0.717) is 12.1 Å². The van der Waals surface area contributed by atoms with Crippen molar-refractivity contribution in [3.8, 4) is 0 Å². The number of benzene rings is 1. The van der Waals surface area contributed by atoms with Crippen LogP contribution in [0.2, 0.25) is 5.02 Å². The Morgan fingerprint density at radius 1 is 1.25 bits per heavy atom. The largest absolute Gasteiger partial charge is 0.390 e. The highest BCUT2D eigenvalue weighted by Gasteiger charge is 2.07. The van der Waals surface area contributed by atoms with Crippen LogP contribution in [0.5, 0.6) is 0 Å². The van der Waals surface area contributed by atoms with Crippen molar-refractivity contribution in [1.29, 1.82) is 0 Å². The molecule has 0 spiro atoms. The van der Waals surface area contributed by atoms with E-state index < -0.39 is 5.82 Å². The van der Waals surface area contributed by atoms with Gasteiger partial charge in [0.1, 0.15) is 5.82 Å². The zero-order valence-electron chi connectivity index (χ0n) is 8.53. The lowest BCUT2D eigenvalue weighted by molar-refractivity contribution is 0.271. The van der Waals surface area contributed by atoms with Gasteiger partial charge in [0.15, 0.2) is 0 Å². The van der Waals surface area contributed by atoms with Crippen LogP contribution in [0.3, 0.4) is 0 Å². The van der Waals surface area contributed by atoms with E-state index in [-0.39, 0.29) is 11.6 Å². The van der Waals surface area contributed by atoms with Crippen LogP contribution in [0.1, 0.15) is 11.3 Å². The third kappa shape index (κ3) is 2.10. The second-order valence-corrected chi connectivity index (χ2v) is 3.91. The molecule has 2 aromatic rings. The summed E-state index contributed by atoms with van der Waals surface area (Å²) in [7, 11) is 0. The average Bonchev–Trinajstić information content (AvgIpc) is 2.72. The second-order valence-electron chi connectivity index (χ2n) is 3.50. The smallest absolute Gasteiger partial charge is 0.146 e. The molecule has 1 aromatic heterocycles. The molecule has 16 heavy (non-hydrogen) atoms. The number of hydrogen-bond acceptors (Lipinski definition) is 1. The molecule has 0 saturated carbocycles.